The number of halogens is 1. The van der Waals surface area contributed by atoms with Gasteiger partial charge >= 0.3 is 11.9 Å². The first-order valence-corrected chi connectivity index (χ1v) is 17.7. The van der Waals surface area contributed by atoms with Crippen molar-refractivity contribution in [2.24, 2.45) is 5.41 Å². The number of ketones is 1. The Hall–Kier alpha value is -3.48. The Morgan fingerprint density at radius 1 is 0.898 bits per heavy atom. The fourth-order valence-electron chi connectivity index (χ4n) is 4.54. The molecule has 0 radical (unpaired) electrons. The van der Waals surface area contributed by atoms with Gasteiger partial charge in [0.05, 0.1) is 43.5 Å². The topological polar surface area (TPSA) is 188 Å². The van der Waals surface area contributed by atoms with Crippen LogP contribution in [-0.4, -0.2) is 103 Å². The molecule has 49 heavy (non-hydrogen) atoms. The van der Waals surface area contributed by atoms with E-state index in [0.717, 1.165) is 16.9 Å². The quantitative estimate of drug-likeness (QED) is 0.101. The first-order chi connectivity index (χ1) is 23.0. The van der Waals surface area contributed by atoms with Crippen molar-refractivity contribution in [2.45, 2.75) is 71.2 Å². The van der Waals surface area contributed by atoms with E-state index in [9.17, 15) is 28.8 Å². The summed E-state index contributed by atoms with van der Waals surface area (Å²) in [6.45, 7) is 7.46. The Balaban J connectivity index is 2.29. The molecule has 2 aromatic rings. The molecule has 14 nitrogen and oxygen atoms in total. The predicted octanol–water partition coefficient (Wildman–Crippen LogP) is 2.34. The zero-order chi connectivity index (χ0) is 36.8. The number of hydrogen-bond acceptors (Lipinski definition) is 12. The fraction of sp³-hybridized carbons (Fsp3) is 0.545. The summed E-state index contributed by atoms with van der Waals surface area (Å²) < 4.78 is 21.2. The van der Waals surface area contributed by atoms with E-state index >= 15 is 0 Å². The van der Waals surface area contributed by atoms with E-state index in [4.69, 9.17) is 18.9 Å². The molecule has 0 saturated heterocycles. The van der Waals surface area contributed by atoms with Crippen LogP contribution in [0.2, 0.25) is 0 Å². The Bertz CT molecular complexity index is 1450. The van der Waals surface area contributed by atoms with Gasteiger partial charge in [-0.25, -0.2) is 4.98 Å². The standard InChI is InChI=1S/C33H45IN4O10S/c1-20-35-15-26(49-20)31(44)38-25(17-46-7)30(43)37-24(16-45-6)29(42)36-23(13-22-11-9-8-10-12-22)28(41)33(5,18-34)48-27(40)14-32(3,4)19-47-21(2)39/h8-12,15,23-25H,13-14,16-19H2,1-7H3,(H,36,42)(H,37,43)(H,38,44)/t23-,24-,25-,33?/m0/s1. The van der Waals surface area contributed by atoms with Crippen molar-refractivity contribution in [3.63, 3.8) is 0 Å². The number of amides is 3. The van der Waals surface area contributed by atoms with Crippen molar-refractivity contribution in [2.75, 3.05) is 38.5 Å². The molecule has 0 aliphatic heterocycles. The third-order valence-corrected chi connectivity index (χ3v) is 9.45. The number of aromatic nitrogens is 1. The van der Waals surface area contributed by atoms with Gasteiger partial charge in [-0.15, -0.1) is 11.3 Å². The average molecular weight is 817 g/mol. The number of carbonyl (C=O) groups excluding carboxylic acids is 6. The largest absolute Gasteiger partial charge is 0.465 e. The first-order valence-electron chi connectivity index (χ1n) is 15.4. The molecule has 4 atom stereocenters. The van der Waals surface area contributed by atoms with Gasteiger partial charge in [-0.2, -0.15) is 0 Å². The summed E-state index contributed by atoms with van der Waals surface area (Å²) in [7, 11) is 2.70. The van der Waals surface area contributed by atoms with E-state index < -0.39 is 64.6 Å². The highest BCUT2D eigenvalue weighted by molar-refractivity contribution is 14.1. The van der Waals surface area contributed by atoms with Gasteiger partial charge in [-0.05, 0) is 25.8 Å². The average Bonchev–Trinajstić information content (AvgIpc) is 3.49. The second kappa shape index (κ2) is 19.6. The number of carbonyl (C=O) groups is 6. The Morgan fingerprint density at radius 2 is 1.47 bits per heavy atom. The number of thiazole rings is 1. The molecule has 0 spiro atoms. The minimum atomic E-state index is -1.65. The number of alkyl halides is 1. The lowest BCUT2D eigenvalue weighted by Crippen LogP contribution is -2.60. The number of nitrogens with one attached hydrogen (secondary N) is 3. The van der Waals surface area contributed by atoms with Gasteiger partial charge < -0.3 is 34.9 Å². The number of ether oxygens (including phenoxy) is 4. The number of hydrogen-bond donors (Lipinski definition) is 3. The van der Waals surface area contributed by atoms with Crippen LogP contribution in [0.3, 0.4) is 0 Å². The van der Waals surface area contributed by atoms with Crippen molar-refractivity contribution in [1.29, 1.82) is 0 Å². The number of Topliss-reactive ketones (excluding diaryl/α,β-unsaturated/α-hetero) is 1. The molecular weight excluding hydrogens is 771 g/mol. The zero-order valence-electron chi connectivity index (χ0n) is 28.8. The minimum Gasteiger partial charge on any atom is -0.465 e. The molecular formula is C33H45IN4O10S. The molecule has 2 rings (SSSR count). The van der Waals surface area contributed by atoms with Crippen LogP contribution in [0, 0.1) is 12.3 Å². The van der Waals surface area contributed by atoms with Crippen LogP contribution in [0.15, 0.2) is 36.5 Å². The van der Waals surface area contributed by atoms with E-state index in [0.29, 0.717) is 9.88 Å². The van der Waals surface area contributed by atoms with Gasteiger partial charge in [-0.3, -0.25) is 28.8 Å². The van der Waals surface area contributed by atoms with Crippen molar-refractivity contribution in [3.8, 4) is 0 Å². The van der Waals surface area contributed by atoms with Crippen LogP contribution < -0.4 is 16.0 Å². The summed E-state index contributed by atoms with van der Waals surface area (Å²) in [5, 5.41) is 8.58. The molecule has 3 N–H and O–H groups in total. The van der Waals surface area contributed by atoms with E-state index in [1.165, 1.54) is 34.3 Å². The second-order valence-electron chi connectivity index (χ2n) is 12.3. The maximum absolute atomic E-state index is 14.2. The molecule has 0 bridgehead atoms. The number of benzene rings is 1. The number of aryl methyl sites for hydroxylation is 1. The lowest BCUT2D eigenvalue weighted by Gasteiger charge is -2.33. The smallest absolute Gasteiger partial charge is 0.307 e. The lowest BCUT2D eigenvalue weighted by atomic mass is 9.89. The van der Waals surface area contributed by atoms with Gasteiger partial charge in [0.2, 0.25) is 11.8 Å². The molecule has 1 aromatic carbocycles. The number of esters is 2. The molecule has 270 valence electrons. The zero-order valence-corrected chi connectivity index (χ0v) is 31.7. The maximum Gasteiger partial charge on any atom is 0.307 e. The molecule has 0 aliphatic carbocycles. The van der Waals surface area contributed by atoms with Crippen LogP contribution in [-0.2, 0) is 49.3 Å². The Kier molecular flexibility index (Phi) is 16.7. The summed E-state index contributed by atoms with van der Waals surface area (Å²) >= 11 is 3.10. The summed E-state index contributed by atoms with van der Waals surface area (Å²) in [5.41, 5.74) is -1.69. The maximum atomic E-state index is 14.2. The van der Waals surface area contributed by atoms with Crippen LogP contribution in [0.25, 0.3) is 0 Å². The molecule has 1 heterocycles. The summed E-state index contributed by atoms with van der Waals surface area (Å²) in [5.74, 6) is -3.74. The van der Waals surface area contributed by atoms with E-state index in [2.05, 4.69) is 20.9 Å². The Morgan fingerprint density at radius 3 is 1.98 bits per heavy atom. The number of rotatable bonds is 20. The van der Waals surface area contributed by atoms with Crippen molar-refractivity contribution >= 4 is 69.4 Å². The van der Waals surface area contributed by atoms with E-state index in [1.807, 2.05) is 28.7 Å². The highest BCUT2D eigenvalue weighted by atomic mass is 127. The lowest BCUT2D eigenvalue weighted by molar-refractivity contribution is -0.167. The number of methoxy groups -OCH3 is 2. The monoisotopic (exact) mass is 816 g/mol. The van der Waals surface area contributed by atoms with E-state index in [-0.39, 0.29) is 37.1 Å². The fourth-order valence-corrected chi connectivity index (χ4v) is 5.75. The first kappa shape index (κ1) is 41.7. The minimum absolute atomic E-state index is 0.0224. The van der Waals surface area contributed by atoms with Crippen LogP contribution in [0.5, 0.6) is 0 Å². The second-order valence-corrected chi connectivity index (χ2v) is 14.3. The van der Waals surface area contributed by atoms with Gasteiger partial charge in [0, 0.05) is 31.0 Å². The van der Waals surface area contributed by atoms with Gasteiger partial charge in [0.1, 0.15) is 17.0 Å². The summed E-state index contributed by atoms with van der Waals surface area (Å²) in [6.07, 6.45) is 1.31. The predicted molar refractivity (Wildman–Crippen MR) is 189 cm³/mol. The molecule has 0 saturated carbocycles. The van der Waals surface area contributed by atoms with Crippen molar-refractivity contribution in [3.05, 3.63) is 52.0 Å². The van der Waals surface area contributed by atoms with Gasteiger partial charge in [0.15, 0.2) is 11.4 Å². The molecule has 0 fully saturated rings. The highest BCUT2D eigenvalue weighted by Gasteiger charge is 2.43. The number of nitrogens with zero attached hydrogens (tertiary/aromatic N) is 1. The Labute approximate surface area is 303 Å². The van der Waals surface area contributed by atoms with Gasteiger partial charge in [-0.1, -0.05) is 66.8 Å². The molecule has 3 amide bonds. The summed E-state index contributed by atoms with van der Waals surface area (Å²) in [4.78, 5) is 82.7. The third kappa shape index (κ3) is 13.7. The molecule has 16 heteroatoms. The third-order valence-electron chi connectivity index (χ3n) is 7.09. The summed E-state index contributed by atoms with van der Waals surface area (Å²) in [6, 6.07) is 5.32. The normalized spacial score (nSPS) is 14.4. The van der Waals surface area contributed by atoms with Crippen LogP contribution in [0.4, 0.5) is 0 Å². The molecule has 1 aromatic heterocycles. The van der Waals surface area contributed by atoms with Crippen LogP contribution in [0.1, 0.15) is 54.4 Å². The molecule has 1 unspecified atom stereocenters. The van der Waals surface area contributed by atoms with Gasteiger partial charge in [0.25, 0.3) is 5.91 Å². The van der Waals surface area contributed by atoms with Crippen molar-refractivity contribution in [1.82, 2.24) is 20.9 Å². The molecule has 0 aliphatic rings. The van der Waals surface area contributed by atoms with E-state index in [1.54, 1.807) is 45.0 Å². The van der Waals surface area contributed by atoms with Crippen molar-refractivity contribution < 1.29 is 47.7 Å². The SMILES string of the molecule is COC[C@H](NC(=O)c1cnc(C)s1)C(=O)N[C@@H](COC)C(=O)N[C@@H](Cc1ccccc1)C(=O)C(C)(CI)OC(=O)CC(C)(C)COC(C)=O. The highest BCUT2D eigenvalue weighted by Crippen LogP contribution is 2.26. The van der Waals surface area contributed by atoms with Crippen LogP contribution >= 0.6 is 33.9 Å².